The lowest BCUT2D eigenvalue weighted by Gasteiger charge is -2.13. The molecule has 5 nitrogen and oxygen atoms in total. The van der Waals surface area contributed by atoms with E-state index >= 15 is 0 Å². The van der Waals surface area contributed by atoms with Crippen molar-refractivity contribution in [3.63, 3.8) is 0 Å². The van der Waals surface area contributed by atoms with Crippen molar-refractivity contribution in [2.24, 2.45) is 0 Å². The molecular weight excluding hydrogens is 302 g/mol. The second kappa shape index (κ2) is 7.59. The molecule has 0 heterocycles. The Morgan fingerprint density at radius 1 is 1.20 bits per heavy atom. The number of benzene rings is 1. The Balaban J connectivity index is 2.66. The molecule has 0 spiro atoms. The van der Waals surface area contributed by atoms with Crippen LogP contribution in [-0.4, -0.2) is 40.7 Å². The van der Waals surface area contributed by atoms with Crippen LogP contribution >= 0.6 is 11.6 Å². The highest BCUT2D eigenvalue weighted by Crippen LogP contribution is 2.35. The summed E-state index contributed by atoms with van der Waals surface area (Å²) in [5.74, 6) is 1.47. The van der Waals surface area contributed by atoms with Gasteiger partial charge in [0.2, 0.25) is 0 Å². The van der Waals surface area contributed by atoms with Gasteiger partial charge in [-0.3, -0.25) is 0 Å². The molecule has 0 bridgehead atoms. The summed E-state index contributed by atoms with van der Waals surface area (Å²) in [6.45, 7) is 2.17. The van der Waals surface area contributed by atoms with E-state index in [-0.39, 0.29) is 11.5 Å². The van der Waals surface area contributed by atoms with Crippen molar-refractivity contribution in [2.45, 2.75) is 13.3 Å². The molecule has 0 fully saturated rings. The van der Waals surface area contributed by atoms with Gasteiger partial charge in [0.05, 0.1) is 30.7 Å². The quantitative estimate of drug-likeness (QED) is 0.746. The Labute approximate surface area is 125 Å². The second-order valence-electron chi connectivity index (χ2n) is 4.20. The Kier molecular flexibility index (Phi) is 6.42. The summed E-state index contributed by atoms with van der Waals surface area (Å²) in [7, 11) is 0.156. The lowest BCUT2D eigenvalue weighted by Crippen LogP contribution is -2.13. The minimum Gasteiger partial charge on any atom is -0.495 e. The molecule has 0 aromatic heterocycles. The van der Waals surface area contributed by atoms with Crippen molar-refractivity contribution in [3.8, 4) is 11.5 Å². The third-order valence-electron chi connectivity index (χ3n) is 2.86. The number of sulfone groups is 1. The van der Waals surface area contributed by atoms with Gasteiger partial charge in [-0.1, -0.05) is 18.5 Å². The first-order valence-electron chi connectivity index (χ1n) is 6.29. The smallest absolute Gasteiger partial charge is 0.150 e. The zero-order valence-corrected chi connectivity index (χ0v) is 13.5. The third kappa shape index (κ3) is 4.76. The highest BCUT2D eigenvalue weighted by molar-refractivity contribution is 7.91. The SMILES string of the molecule is CCS(=O)(=O)CCCNc1cc(Cl)c(OC)cc1OC. The lowest BCUT2D eigenvalue weighted by atomic mass is 10.2. The highest BCUT2D eigenvalue weighted by Gasteiger charge is 2.10. The molecular formula is C13H20ClNO4S. The van der Waals surface area contributed by atoms with Crippen LogP contribution in [0.3, 0.4) is 0 Å². The molecule has 1 rings (SSSR count). The number of rotatable bonds is 8. The normalized spacial score (nSPS) is 11.2. The van der Waals surface area contributed by atoms with Crippen LogP contribution in [0.2, 0.25) is 5.02 Å². The fourth-order valence-corrected chi connectivity index (χ4v) is 2.77. The number of hydrogen-bond acceptors (Lipinski definition) is 5. The summed E-state index contributed by atoms with van der Waals surface area (Å²) in [4.78, 5) is 0. The molecule has 0 aliphatic carbocycles. The van der Waals surface area contributed by atoms with Crippen molar-refractivity contribution in [1.29, 1.82) is 0 Å². The second-order valence-corrected chi connectivity index (χ2v) is 7.08. The number of hydrogen-bond donors (Lipinski definition) is 1. The van der Waals surface area contributed by atoms with Crippen molar-refractivity contribution in [2.75, 3.05) is 37.6 Å². The number of halogens is 1. The van der Waals surface area contributed by atoms with Crippen LogP contribution in [0.4, 0.5) is 5.69 Å². The van der Waals surface area contributed by atoms with Crippen LogP contribution < -0.4 is 14.8 Å². The number of methoxy groups -OCH3 is 2. The molecule has 0 aliphatic heterocycles. The predicted molar refractivity (Wildman–Crippen MR) is 82.0 cm³/mol. The summed E-state index contributed by atoms with van der Waals surface area (Å²) in [5, 5.41) is 3.59. The molecule has 0 saturated heterocycles. The average Bonchev–Trinajstić information content (AvgIpc) is 2.43. The molecule has 114 valence electrons. The third-order valence-corrected chi connectivity index (χ3v) is 4.95. The van der Waals surface area contributed by atoms with E-state index < -0.39 is 9.84 Å². The van der Waals surface area contributed by atoms with Crippen molar-refractivity contribution in [3.05, 3.63) is 17.2 Å². The van der Waals surface area contributed by atoms with Gasteiger partial charge < -0.3 is 14.8 Å². The summed E-state index contributed by atoms with van der Waals surface area (Å²) in [5.41, 5.74) is 0.715. The Morgan fingerprint density at radius 3 is 2.40 bits per heavy atom. The van der Waals surface area contributed by atoms with Gasteiger partial charge in [0.25, 0.3) is 0 Å². The van der Waals surface area contributed by atoms with Crippen molar-refractivity contribution in [1.82, 2.24) is 0 Å². The molecule has 1 N–H and O–H groups in total. The van der Waals surface area contributed by atoms with Gasteiger partial charge >= 0.3 is 0 Å². The molecule has 0 atom stereocenters. The largest absolute Gasteiger partial charge is 0.495 e. The molecule has 0 amide bonds. The summed E-state index contributed by atoms with van der Waals surface area (Å²) < 4.78 is 33.1. The van der Waals surface area contributed by atoms with E-state index in [0.29, 0.717) is 35.2 Å². The van der Waals surface area contributed by atoms with Gasteiger partial charge in [-0.05, 0) is 12.5 Å². The van der Waals surface area contributed by atoms with Crippen LogP contribution in [0, 0.1) is 0 Å². The Morgan fingerprint density at radius 2 is 1.85 bits per heavy atom. The minimum absolute atomic E-state index is 0.169. The monoisotopic (exact) mass is 321 g/mol. The van der Waals surface area contributed by atoms with Crippen LogP contribution in [0.5, 0.6) is 11.5 Å². The number of nitrogens with one attached hydrogen (secondary N) is 1. The molecule has 0 saturated carbocycles. The van der Waals surface area contributed by atoms with Gasteiger partial charge in [-0.2, -0.15) is 0 Å². The molecule has 7 heteroatoms. The molecule has 0 aliphatic rings. The maximum Gasteiger partial charge on any atom is 0.150 e. The zero-order valence-electron chi connectivity index (χ0n) is 11.9. The van der Waals surface area contributed by atoms with E-state index in [0.717, 1.165) is 0 Å². The van der Waals surface area contributed by atoms with Gasteiger partial charge in [0.15, 0.2) is 0 Å². The van der Waals surface area contributed by atoms with Crippen LogP contribution in [0.25, 0.3) is 0 Å². The molecule has 1 aromatic carbocycles. The standard InChI is InChI=1S/C13H20ClNO4S/c1-4-20(16,17)7-5-6-15-11-8-10(14)12(18-2)9-13(11)19-3/h8-9,15H,4-7H2,1-3H3. The van der Waals surface area contributed by atoms with Crippen molar-refractivity contribution >= 4 is 27.1 Å². The van der Waals surface area contributed by atoms with Gasteiger partial charge in [-0.15, -0.1) is 0 Å². The Bertz CT molecular complexity index is 546. The molecule has 20 heavy (non-hydrogen) atoms. The van der Waals surface area contributed by atoms with Crippen LogP contribution in [-0.2, 0) is 9.84 Å². The van der Waals surface area contributed by atoms with E-state index in [9.17, 15) is 8.42 Å². The average molecular weight is 322 g/mol. The summed E-state index contributed by atoms with van der Waals surface area (Å²) >= 11 is 6.05. The molecule has 0 unspecified atom stereocenters. The minimum atomic E-state index is -2.93. The van der Waals surface area contributed by atoms with Gasteiger partial charge in [0, 0.05) is 18.4 Å². The van der Waals surface area contributed by atoms with E-state index in [1.54, 1.807) is 26.2 Å². The maximum atomic E-state index is 11.4. The van der Waals surface area contributed by atoms with Gasteiger partial charge in [0.1, 0.15) is 21.3 Å². The van der Waals surface area contributed by atoms with Gasteiger partial charge in [-0.25, -0.2) is 8.42 Å². The first-order chi connectivity index (χ1) is 9.43. The summed E-state index contributed by atoms with van der Waals surface area (Å²) in [6.07, 6.45) is 0.531. The zero-order chi connectivity index (χ0) is 15.2. The van der Waals surface area contributed by atoms with E-state index in [1.807, 2.05) is 0 Å². The highest BCUT2D eigenvalue weighted by atomic mass is 35.5. The van der Waals surface area contributed by atoms with Crippen LogP contribution in [0.1, 0.15) is 13.3 Å². The first kappa shape index (κ1) is 16.9. The molecule has 0 radical (unpaired) electrons. The van der Waals surface area contributed by atoms with E-state index in [2.05, 4.69) is 5.32 Å². The number of anilines is 1. The topological polar surface area (TPSA) is 64.6 Å². The molecule has 1 aromatic rings. The van der Waals surface area contributed by atoms with E-state index in [4.69, 9.17) is 21.1 Å². The maximum absolute atomic E-state index is 11.4. The fourth-order valence-electron chi connectivity index (χ4n) is 1.66. The first-order valence-corrected chi connectivity index (χ1v) is 8.49. The predicted octanol–water partition coefficient (Wildman–Crippen LogP) is 2.59. The lowest BCUT2D eigenvalue weighted by molar-refractivity contribution is 0.395. The van der Waals surface area contributed by atoms with E-state index in [1.165, 1.54) is 7.11 Å². The van der Waals surface area contributed by atoms with Crippen LogP contribution in [0.15, 0.2) is 12.1 Å². The summed E-state index contributed by atoms with van der Waals surface area (Å²) in [6, 6.07) is 3.39. The Hall–Kier alpha value is -1.14. The number of ether oxygens (including phenoxy) is 2. The van der Waals surface area contributed by atoms with Crippen molar-refractivity contribution < 1.29 is 17.9 Å². The fraction of sp³-hybridized carbons (Fsp3) is 0.538.